The zero-order valence-electron chi connectivity index (χ0n) is 10.8. The zero-order chi connectivity index (χ0) is 13.5. The largest absolute Gasteiger partial charge is 0.480 e. The number of hydrogen-bond acceptors (Lipinski definition) is 2. The van der Waals surface area contributed by atoms with Crippen LogP contribution < -0.4 is 5.32 Å². The normalized spacial score (nSPS) is 14.2. The van der Waals surface area contributed by atoms with Crippen molar-refractivity contribution in [2.45, 2.75) is 45.2 Å². The second-order valence-corrected chi connectivity index (χ2v) is 4.47. The van der Waals surface area contributed by atoms with E-state index in [1.165, 1.54) is 12.1 Å². The Morgan fingerprint density at radius 3 is 2.50 bits per heavy atom. The minimum Gasteiger partial charge on any atom is -0.480 e. The van der Waals surface area contributed by atoms with Crippen molar-refractivity contribution in [1.29, 1.82) is 0 Å². The number of unbranched alkanes of at least 4 members (excludes halogenated alkanes) is 1. The van der Waals surface area contributed by atoms with E-state index in [0.29, 0.717) is 6.42 Å². The summed E-state index contributed by atoms with van der Waals surface area (Å²) >= 11 is 0. The zero-order valence-corrected chi connectivity index (χ0v) is 10.8. The van der Waals surface area contributed by atoms with Gasteiger partial charge in [-0.05, 0) is 31.0 Å². The van der Waals surface area contributed by atoms with E-state index < -0.39 is 12.0 Å². The van der Waals surface area contributed by atoms with Crippen LogP contribution in [0.4, 0.5) is 4.39 Å². The number of carboxylic acid groups (broad SMARTS) is 1. The summed E-state index contributed by atoms with van der Waals surface area (Å²) in [6, 6.07) is 5.45. The average Bonchev–Trinajstić information content (AvgIpc) is 2.34. The predicted molar refractivity (Wildman–Crippen MR) is 68.9 cm³/mol. The number of halogens is 1. The van der Waals surface area contributed by atoms with Gasteiger partial charge in [0, 0.05) is 6.04 Å². The fourth-order valence-corrected chi connectivity index (χ4v) is 1.84. The van der Waals surface area contributed by atoms with E-state index >= 15 is 0 Å². The van der Waals surface area contributed by atoms with E-state index in [1.54, 1.807) is 12.1 Å². The molecule has 100 valence electrons. The number of benzene rings is 1. The van der Waals surface area contributed by atoms with Crippen LogP contribution in [0.3, 0.4) is 0 Å². The first kappa shape index (κ1) is 14.6. The van der Waals surface area contributed by atoms with Crippen LogP contribution in [0, 0.1) is 5.82 Å². The van der Waals surface area contributed by atoms with E-state index in [2.05, 4.69) is 5.32 Å². The Bertz CT molecular complexity index is 378. The third-order valence-electron chi connectivity index (χ3n) is 2.97. The van der Waals surface area contributed by atoms with Gasteiger partial charge in [-0.15, -0.1) is 0 Å². The highest BCUT2D eigenvalue weighted by Gasteiger charge is 2.19. The van der Waals surface area contributed by atoms with Crippen molar-refractivity contribution in [3.63, 3.8) is 0 Å². The summed E-state index contributed by atoms with van der Waals surface area (Å²) in [4.78, 5) is 11.1. The molecule has 0 radical (unpaired) electrons. The van der Waals surface area contributed by atoms with Gasteiger partial charge >= 0.3 is 5.97 Å². The Labute approximate surface area is 107 Å². The summed E-state index contributed by atoms with van der Waals surface area (Å²) in [5.41, 5.74) is 0.888. The second-order valence-electron chi connectivity index (χ2n) is 4.47. The molecular formula is C14H20FNO2. The molecule has 1 rings (SSSR count). The molecule has 0 heterocycles. The molecule has 2 unspecified atom stereocenters. The van der Waals surface area contributed by atoms with E-state index in [0.717, 1.165) is 18.4 Å². The maximum atomic E-state index is 12.8. The summed E-state index contributed by atoms with van der Waals surface area (Å²) in [6.45, 7) is 3.91. The van der Waals surface area contributed by atoms with E-state index in [-0.39, 0.29) is 11.9 Å². The maximum absolute atomic E-state index is 12.8. The molecule has 1 aromatic rings. The van der Waals surface area contributed by atoms with Crippen LogP contribution in [-0.2, 0) is 4.79 Å². The van der Waals surface area contributed by atoms with Gasteiger partial charge < -0.3 is 5.11 Å². The Balaban J connectivity index is 2.62. The second kappa shape index (κ2) is 7.11. The molecule has 2 atom stereocenters. The highest BCUT2D eigenvalue weighted by atomic mass is 19.1. The van der Waals surface area contributed by atoms with Crippen molar-refractivity contribution in [2.24, 2.45) is 0 Å². The van der Waals surface area contributed by atoms with Crippen molar-refractivity contribution in [3.8, 4) is 0 Å². The van der Waals surface area contributed by atoms with Crippen LogP contribution in [-0.4, -0.2) is 17.1 Å². The number of aliphatic carboxylic acids is 1. The molecule has 0 saturated carbocycles. The third kappa shape index (κ3) is 4.45. The van der Waals surface area contributed by atoms with E-state index in [4.69, 9.17) is 5.11 Å². The van der Waals surface area contributed by atoms with E-state index in [9.17, 15) is 9.18 Å². The third-order valence-corrected chi connectivity index (χ3v) is 2.97. The number of nitrogens with one attached hydrogen (secondary N) is 1. The molecule has 3 nitrogen and oxygen atoms in total. The van der Waals surface area contributed by atoms with Crippen molar-refractivity contribution < 1.29 is 14.3 Å². The molecular weight excluding hydrogens is 233 g/mol. The standard InChI is InChI=1S/C14H20FNO2/c1-3-4-5-13(14(17)18)16-10(2)11-6-8-12(15)9-7-11/h6-10,13,16H,3-5H2,1-2H3,(H,17,18). The quantitative estimate of drug-likeness (QED) is 0.785. The maximum Gasteiger partial charge on any atom is 0.320 e. The Hall–Kier alpha value is -1.42. The van der Waals surface area contributed by atoms with Crippen molar-refractivity contribution in [3.05, 3.63) is 35.6 Å². The van der Waals surface area contributed by atoms with Gasteiger partial charge in [0.2, 0.25) is 0 Å². The first-order chi connectivity index (χ1) is 8.54. The highest BCUT2D eigenvalue weighted by Crippen LogP contribution is 2.15. The molecule has 4 heteroatoms. The molecule has 0 aliphatic rings. The van der Waals surface area contributed by atoms with E-state index in [1.807, 2.05) is 13.8 Å². The Kier molecular flexibility index (Phi) is 5.78. The van der Waals surface area contributed by atoms with Crippen LogP contribution in [0.25, 0.3) is 0 Å². The lowest BCUT2D eigenvalue weighted by molar-refractivity contribution is -0.139. The smallest absolute Gasteiger partial charge is 0.320 e. The lowest BCUT2D eigenvalue weighted by atomic mass is 10.0. The summed E-state index contributed by atoms with van der Waals surface area (Å²) in [7, 11) is 0. The van der Waals surface area contributed by atoms with Gasteiger partial charge in [-0.3, -0.25) is 10.1 Å². The minimum absolute atomic E-state index is 0.108. The monoisotopic (exact) mass is 253 g/mol. The molecule has 0 spiro atoms. The summed E-state index contributed by atoms with van der Waals surface area (Å²) in [5, 5.41) is 12.2. The van der Waals surface area contributed by atoms with Crippen LogP contribution >= 0.6 is 0 Å². The number of hydrogen-bond donors (Lipinski definition) is 2. The van der Waals surface area contributed by atoms with Crippen molar-refractivity contribution in [2.75, 3.05) is 0 Å². The first-order valence-electron chi connectivity index (χ1n) is 6.29. The predicted octanol–water partition coefficient (Wildman–Crippen LogP) is 3.12. The number of rotatable bonds is 7. The van der Waals surface area contributed by atoms with Crippen LogP contribution in [0.15, 0.2) is 24.3 Å². The fraction of sp³-hybridized carbons (Fsp3) is 0.500. The molecule has 0 saturated heterocycles. The van der Waals surface area contributed by atoms with Gasteiger partial charge in [0.15, 0.2) is 0 Å². The minimum atomic E-state index is -0.836. The molecule has 0 bridgehead atoms. The molecule has 0 aromatic heterocycles. The molecule has 18 heavy (non-hydrogen) atoms. The van der Waals surface area contributed by atoms with Crippen molar-refractivity contribution in [1.82, 2.24) is 5.32 Å². The van der Waals surface area contributed by atoms with Gasteiger partial charge in [0.05, 0.1) is 0 Å². The van der Waals surface area contributed by atoms with Gasteiger partial charge in [0.1, 0.15) is 11.9 Å². The SMILES string of the molecule is CCCCC(NC(C)c1ccc(F)cc1)C(=O)O. The summed E-state index contributed by atoms with van der Waals surface area (Å²) in [6.07, 6.45) is 2.45. The van der Waals surface area contributed by atoms with Gasteiger partial charge in [-0.1, -0.05) is 31.9 Å². The highest BCUT2D eigenvalue weighted by molar-refractivity contribution is 5.73. The van der Waals surface area contributed by atoms with Crippen molar-refractivity contribution >= 4 is 5.97 Å². The molecule has 1 aromatic carbocycles. The van der Waals surface area contributed by atoms with Gasteiger partial charge in [-0.2, -0.15) is 0 Å². The fourth-order valence-electron chi connectivity index (χ4n) is 1.84. The molecule has 0 amide bonds. The Morgan fingerprint density at radius 2 is 2.00 bits per heavy atom. The molecule has 0 aliphatic heterocycles. The first-order valence-corrected chi connectivity index (χ1v) is 6.29. The van der Waals surface area contributed by atoms with Crippen LogP contribution in [0.5, 0.6) is 0 Å². The molecule has 0 fully saturated rings. The average molecular weight is 253 g/mol. The van der Waals surface area contributed by atoms with Gasteiger partial charge in [0.25, 0.3) is 0 Å². The Morgan fingerprint density at radius 1 is 1.39 bits per heavy atom. The summed E-state index contributed by atoms with van der Waals surface area (Å²) < 4.78 is 12.8. The van der Waals surface area contributed by atoms with Crippen LogP contribution in [0.1, 0.15) is 44.7 Å². The van der Waals surface area contributed by atoms with Gasteiger partial charge in [-0.25, -0.2) is 4.39 Å². The van der Waals surface area contributed by atoms with Crippen LogP contribution in [0.2, 0.25) is 0 Å². The molecule has 2 N–H and O–H groups in total. The summed E-state index contributed by atoms with van der Waals surface area (Å²) in [5.74, 6) is -1.12. The topological polar surface area (TPSA) is 49.3 Å². The number of carboxylic acids is 1. The lowest BCUT2D eigenvalue weighted by Gasteiger charge is -2.20. The molecule has 0 aliphatic carbocycles. The lowest BCUT2D eigenvalue weighted by Crippen LogP contribution is -2.38. The number of carbonyl (C=O) groups is 1.